The maximum Gasteiger partial charge on any atom is 0.270 e. The van der Waals surface area contributed by atoms with E-state index in [0.717, 1.165) is 16.5 Å². The van der Waals surface area contributed by atoms with Crippen LogP contribution in [0.1, 0.15) is 5.69 Å². The highest BCUT2D eigenvalue weighted by Crippen LogP contribution is 2.24. The number of pyridine rings is 1. The first kappa shape index (κ1) is 9.39. The molecule has 2 aromatic rings. The van der Waals surface area contributed by atoms with E-state index in [-0.39, 0.29) is 5.69 Å². The van der Waals surface area contributed by atoms with Gasteiger partial charge >= 0.3 is 0 Å². The van der Waals surface area contributed by atoms with E-state index in [1.165, 1.54) is 12.1 Å². The van der Waals surface area contributed by atoms with E-state index in [4.69, 9.17) is 5.73 Å². The maximum absolute atomic E-state index is 10.6. The Kier molecular flexibility index (Phi) is 2.00. The van der Waals surface area contributed by atoms with Crippen LogP contribution in [0.15, 0.2) is 24.3 Å². The van der Waals surface area contributed by atoms with E-state index in [1.54, 1.807) is 19.1 Å². The average Bonchev–Trinajstić information content (AvgIpc) is 2.16. The van der Waals surface area contributed by atoms with Crippen LogP contribution in [0.3, 0.4) is 0 Å². The summed E-state index contributed by atoms with van der Waals surface area (Å²) >= 11 is 0. The van der Waals surface area contributed by atoms with Gasteiger partial charge in [-0.3, -0.25) is 10.1 Å². The van der Waals surface area contributed by atoms with Gasteiger partial charge < -0.3 is 5.73 Å². The third-order valence-corrected chi connectivity index (χ3v) is 2.18. The molecule has 0 aliphatic rings. The lowest BCUT2D eigenvalue weighted by Gasteiger charge is -2.02. The Morgan fingerprint density at radius 2 is 2.13 bits per heavy atom. The van der Waals surface area contributed by atoms with Gasteiger partial charge in [-0.15, -0.1) is 0 Å². The molecule has 1 aromatic carbocycles. The van der Waals surface area contributed by atoms with Gasteiger partial charge in [-0.05, 0) is 24.4 Å². The molecule has 0 spiro atoms. The van der Waals surface area contributed by atoms with Crippen molar-refractivity contribution in [2.24, 2.45) is 0 Å². The van der Waals surface area contributed by atoms with Crippen molar-refractivity contribution in [1.29, 1.82) is 0 Å². The fourth-order valence-corrected chi connectivity index (χ4v) is 1.52. The highest BCUT2D eigenvalue weighted by Gasteiger charge is 2.08. The molecule has 0 saturated carbocycles. The fourth-order valence-electron chi connectivity index (χ4n) is 1.52. The molecule has 1 heterocycles. The predicted octanol–water partition coefficient (Wildman–Crippen LogP) is 2.03. The number of nitro groups is 1. The number of nitrogens with two attached hydrogens (primary N) is 1. The van der Waals surface area contributed by atoms with Crippen molar-refractivity contribution < 1.29 is 4.92 Å². The molecule has 0 atom stereocenters. The molecule has 0 fully saturated rings. The summed E-state index contributed by atoms with van der Waals surface area (Å²) in [5, 5.41) is 12.1. The van der Waals surface area contributed by atoms with Gasteiger partial charge in [0.1, 0.15) is 5.82 Å². The van der Waals surface area contributed by atoms with Crippen molar-refractivity contribution >= 4 is 22.3 Å². The summed E-state index contributed by atoms with van der Waals surface area (Å²) in [4.78, 5) is 14.2. The van der Waals surface area contributed by atoms with Crippen LogP contribution in [0.4, 0.5) is 11.5 Å². The molecule has 0 radical (unpaired) electrons. The molecule has 0 amide bonds. The van der Waals surface area contributed by atoms with Gasteiger partial charge in [-0.2, -0.15) is 0 Å². The lowest BCUT2D eigenvalue weighted by molar-refractivity contribution is -0.384. The number of fused-ring (bicyclic) bond motifs is 1. The molecule has 0 aliphatic carbocycles. The third-order valence-electron chi connectivity index (χ3n) is 2.18. The Hall–Kier alpha value is -2.17. The van der Waals surface area contributed by atoms with Gasteiger partial charge in [0.15, 0.2) is 0 Å². The average molecular weight is 203 g/mol. The predicted molar refractivity (Wildman–Crippen MR) is 57.5 cm³/mol. The summed E-state index contributed by atoms with van der Waals surface area (Å²) in [5.74, 6) is 0.403. The molecule has 76 valence electrons. The second-order valence-electron chi connectivity index (χ2n) is 3.31. The molecule has 0 unspecified atom stereocenters. The van der Waals surface area contributed by atoms with Crippen LogP contribution in [0, 0.1) is 17.0 Å². The molecule has 15 heavy (non-hydrogen) atoms. The summed E-state index contributed by atoms with van der Waals surface area (Å²) in [5.41, 5.74) is 6.52. The first-order valence-electron chi connectivity index (χ1n) is 4.39. The number of rotatable bonds is 1. The van der Waals surface area contributed by atoms with E-state index in [2.05, 4.69) is 4.98 Å². The molecule has 1 aromatic heterocycles. The minimum atomic E-state index is -0.425. The third kappa shape index (κ3) is 1.59. The molecule has 0 saturated heterocycles. The zero-order valence-corrected chi connectivity index (χ0v) is 8.10. The first-order valence-corrected chi connectivity index (χ1v) is 4.39. The Morgan fingerprint density at radius 1 is 1.40 bits per heavy atom. The van der Waals surface area contributed by atoms with E-state index >= 15 is 0 Å². The number of nitrogens with zero attached hydrogens (tertiary/aromatic N) is 2. The monoisotopic (exact) mass is 203 g/mol. The lowest BCUT2D eigenvalue weighted by atomic mass is 10.1. The molecule has 0 aliphatic heterocycles. The van der Waals surface area contributed by atoms with Gasteiger partial charge in [0.05, 0.1) is 4.92 Å². The smallest absolute Gasteiger partial charge is 0.270 e. The van der Waals surface area contributed by atoms with Gasteiger partial charge in [0.2, 0.25) is 0 Å². The standard InChI is InChI=1S/C10H9N3O2/c1-6-4-7-5-8(13(14)15)2-3-9(7)10(11)12-6/h2-5H,1H3,(H2,11,12). The number of aromatic nitrogens is 1. The van der Waals surface area contributed by atoms with Crippen molar-refractivity contribution in [3.05, 3.63) is 40.1 Å². The number of hydrogen-bond donors (Lipinski definition) is 1. The van der Waals surface area contributed by atoms with Gasteiger partial charge in [-0.1, -0.05) is 0 Å². The van der Waals surface area contributed by atoms with Gasteiger partial charge in [-0.25, -0.2) is 4.98 Å². The molecule has 2 rings (SSSR count). The van der Waals surface area contributed by atoms with E-state index in [0.29, 0.717) is 5.82 Å². The van der Waals surface area contributed by atoms with Crippen LogP contribution in [-0.4, -0.2) is 9.91 Å². The SMILES string of the molecule is Cc1cc2cc([N+](=O)[O-])ccc2c(N)n1. The van der Waals surface area contributed by atoms with Crippen LogP contribution in [0.25, 0.3) is 10.8 Å². The van der Waals surface area contributed by atoms with Crippen LogP contribution in [0.5, 0.6) is 0 Å². The molecular formula is C10H9N3O2. The number of nitrogen functional groups attached to an aromatic ring is 1. The Balaban J connectivity index is 2.76. The van der Waals surface area contributed by atoms with Crippen molar-refractivity contribution in [2.45, 2.75) is 6.92 Å². The molecule has 2 N–H and O–H groups in total. The summed E-state index contributed by atoms with van der Waals surface area (Å²) < 4.78 is 0. The minimum absolute atomic E-state index is 0.0625. The second kappa shape index (κ2) is 3.20. The number of aryl methyl sites for hydroxylation is 1. The van der Waals surface area contributed by atoms with Crippen molar-refractivity contribution in [1.82, 2.24) is 4.98 Å². The summed E-state index contributed by atoms with van der Waals surface area (Å²) in [6.07, 6.45) is 0. The van der Waals surface area contributed by atoms with Crippen LogP contribution in [-0.2, 0) is 0 Å². The summed E-state index contributed by atoms with van der Waals surface area (Å²) in [6, 6.07) is 6.32. The number of anilines is 1. The summed E-state index contributed by atoms with van der Waals surface area (Å²) in [7, 11) is 0. The fraction of sp³-hybridized carbons (Fsp3) is 0.100. The summed E-state index contributed by atoms with van der Waals surface area (Å²) in [6.45, 7) is 1.80. The van der Waals surface area contributed by atoms with Gasteiger partial charge in [0, 0.05) is 23.2 Å². The minimum Gasteiger partial charge on any atom is -0.383 e. The second-order valence-corrected chi connectivity index (χ2v) is 3.31. The first-order chi connectivity index (χ1) is 7.08. The van der Waals surface area contributed by atoms with Crippen molar-refractivity contribution in [3.8, 4) is 0 Å². The topological polar surface area (TPSA) is 82.0 Å². The Bertz CT molecular complexity index is 552. The normalized spacial score (nSPS) is 10.5. The highest BCUT2D eigenvalue weighted by molar-refractivity contribution is 5.92. The van der Waals surface area contributed by atoms with E-state index in [9.17, 15) is 10.1 Å². The zero-order chi connectivity index (χ0) is 11.0. The van der Waals surface area contributed by atoms with E-state index < -0.39 is 4.92 Å². The molecule has 5 nitrogen and oxygen atoms in total. The highest BCUT2D eigenvalue weighted by atomic mass is 16.6. The number of nitro benzene ring substituents is 1. The van der Waals surface area contributed by atoms with Gasteiger partial charge in [0.25, 0.3) is 5.69 Å². The molecular weight excluding hydrogens is 194 g/mol. The Morgan fingerprint density at radius 3 is 2.80 bits per heavy atom. The maximum atomic E-state index is 10.6. The quantitative estimate of drug-likeness (QED) is 0.567. The van der Waals surface area contributed by atoms with E-state index in [1.807, 2.05) is 0 Å². The Labute approximate surface area is 85.7 Å². The van der Waals surface area contributed by atoms with Crippen LogP contribution < -0.4 is 5.73 Å². The largest absolute Gasteiger partial charge is 0.383 e. The number of hydrogen-bond acceptors (Lipinski definition) is 4. The van der Waals surface area contributed by atoms with Crippen molar-refractivity contribution in [2.75, 3.05) is 5.73 Å². The van der Waals surface area contributed by atoms with Crippen LogP contribution >= 0.6 is 0 Å². The zero-order valence-electron chi connectivity index (χ0n) is 8.10. The number of benzene rings is 1. The number of non-ortho nitro benzene ring substituents is 1. The molecule has 0 bridgehead atoms. The van der Waals surface area contributed by atoms with Crippen molar-refractivity contribution in [3.63, 3.8) is 0 Å². The lowest BCUT2D eigenvalue weighted by Crippen LogP contribution is -1.95. The molecule has 5 heteroatoms. The van der Waals surface area contributed by atoms with Crippen LogP contribution in [0.2, 0.25) is 0 Å².